The zero-order valence-corrected chi connectivity index (χ0v) is 19.3. The summed E-state index contributed by atoms with van der Waals surface area (Å²) in [5.41, 5.74) is 3.09. The molecule has 8 heteroatoms. The molecule has 3 heterocycles. The van der Waals surface area contributed by atoms with Crippen LogP contribution in [-0.2, 0) is 21.4 Å². The van der Waals surface area contributed by atoms with Gasteiger partial charge >= 0.3 is 0 Å². The van der Waals surface area contributed by atoms with Gasteiger partial charge in [0.05, 0.1) is 0 Å². The number of anilines is 1. The summed E-state index contributed by atoms with van der Waals surface area (Å²) in [6.07, 6.45) is 3.89. The predicted molar refractivity (Wildman–Crippen MR) is 129 cm³/mol. The molecule has 1 aliphatic heterocycles. The third kappa shape index (κ3) is 3.89. The summed E-state index contributed by atoms with van der Waals surface area (Å²) in [6, 6.07) is 17.5. The van der Waals surface area contributed by atoms with Crippen molar-refractivity contribution in [3.63, 3.8) is 0 Å². The molecule has 1 saturated heterocycles. The Morgan fingerprint density at radius 3 is 2.52 bits per heavy atom. The number of carbonyl (C=O) groups is 1. The molecule has 1 fully saturated rings. The van der Waals surface area contributed by atoms with Crippen LogP contribution in [0, 0.1) is 5.92 Å². The number of sulfonamides is 1. The summed E-state index contributed by atoms with van der Waals surface area (Å²) < 4.78 is 29.3. The number of rotatable bonds is 5. The summed E-state index contributed by atoms with van der Waals surface area (Å²) in [6.45, 7) is 3.63. The highest BCUT2D eigenvalue weighted by molar-refractivity contribution is 7.89. The van der Waals surface area contributed by atoms with Crippen molar-refractivity contribution in [2.45, 2.75) is 31.2 Å². The largest absolute Gasteiger partial charge is 0.341 e. The number of hydrogen-bond donors (Lipinski definition) is 1. The topological polar surface area (TPSA) is 84.3 Å². The second-order valence-corrected chi connectivity index (χ2v) is 10.3. The lowest BCUT2D eigenvalue weighted by molar-refractivity contribution is -0.120. The Kier molecular flexibility index (Phi) is 5.64. The van der Waals surface area contributed by atoms with Crippen molar-refractivity contribution in [3.8, 4) is 0 Å². The van der Waals surface area contributed by atoms with Crippen LogP contribution in [0.15, 0.2) is 71.9 Å². The molecule has 0 radical (unpaired) electrons. The molecule has 33 heavy (non-hydrogen) atoms. The van der Waals surface area contributed by atoms with Crippen molar-refractivity contribution in [1.82, 2.24) is 13.9 Å². The van der Waals surface area contributed by atoms with Gasteiger partial charge in [-0.1, -0.05) is 18.2 Å². The van der Waals surface area contributed by atoms with E-state index in [1.165, 1.54) is 21.4 Å². The molecule has 0 spiro atoms. The molecule has 0 saturated carbocycles. The van der Waals surface area contributed by atoms with Gasteiger partial charge < -0.3 is 9.88 Å². The molecule has 7 nitrogen and oxygen atoms in total. The Morgan fingerprint density at radius 1 is 1.03 bits per heavy atom. The van der Waals surface area contributed by atoms with Gasteiger partial charge in [-0.2, -0.15) is 4.31 Å². The van der Waals surface area contributed by atoms with Gasteiger partial charge in [-0.25, -0.2) is 8.42 Å². The molecule has 2 aromatic carbocycles. The quantitative estimate of drug-likeness (QED) is 0.481. The van der Waals surface area contributed by atoms with E-state index in [0.717, 1.165) is 23.1 Å². The first kappa shape index (κ1) is 21.6. The van der Waals surface area contributed by atoms with Crippen molar-refractivity contribution in [1.29, 1.82) is 0 Å². The standard InChI is InChI=1S/C25H26N4O3S/c1-2-29-23-8-4-3-7-21(23)22-16-19(9-10-24(22)29)27-25(30)18-11-14-28(15-12-18)33(31,32)20-6-5-13-26-17-20/h3-10,13,16-18H,2,11-12,14-15H2,1H3,(H,27,30). The van der Waals surface area contributed by atoms with E-state index in [9.17, 15) is 13.2 Å². The summed E-state index contributed by atoms with van der Waals surface area (Å²) >= 11 is 0. The molecule has 1 amide bonds. The van der Waals surface area contributed by atoms with Gasteiger partial charge in [-0.05, 0) is 56.2 Å². The first-order chi connectivity index (χ1) is 16.0. The van der Waals surface area contributed by atoms with Crippen molar-refractivity contribution in [2.24, 2.45) is 5.92 Å². The molecule has 0 aliphatic carbocycles. The van der Waals surface area contributed by atoms with Gasteiger partial charge in [0.1, 0.15) is 4.90 Å². The number of piperidine rings is 1. The summed E-state index contributed by atoms with van der Waals surface area (Å²) in [4.78, 5) is 17.1. The van der Waals surface area contributed by atoms with Crippen LogP contribution >= 0.6 is 0 Å². The lowest BCUT2D eigenvalue weighted by Gasteiger charge is -2.30. The number of amides is 1. The van der Waals surface area contributed by atoms with Gasteiger partial charge in [0.25, 0.3) is 0 Å². The molecule has 4 aromatic rings. The Labute approximate surface area is 193 Å². The molecule has 1 aliphatic rings. The number of para-hydroxylation sites is 1. The second-order valence-electron chi connectivity index (χ2n) is 8.35. The Balaban J connectivity index is 1.30. The van der Waals surface area contributed by atoms with Crippen LogP contribution in [0.3, 0.4) is 0 Å². The van der Waals surface area contributed by atoms with Crippen LogP contribution in [-0.4, -0.2) is 41.3 Å². The minimum Gasteiger partial charge on any atom is -0.341 e. The van der Waals surface area contributed by atoms with Gasteiger partial charge in [-0.15, -0.1) is 0 Å². The fraction of sp³-hybridized carbons (Fsp3) is 0.280. The smallest absolute Gasteiger partial charge is 0.244 e. The fourth-order valence-electron chi connectivity index (χ4n) is 4.72. The van der Waals surface area contributed by atoms with E-state index in [4.69, 9.17) is 0 Å². The van der Waals surface area contributed by atoms with Crippen LogP contribution in [0.1, 0.15) is 19.8 Å². The van der Waals surface area contributed by atoms with E-state index in [0.29, 0.717) is 25.9 Å². The monoisotopic (exact) mass is 462 g/mol. The van der Waals surface area contributed by atoms with Gasteiger partial charge in [0, 0.05) is 65.4 Å². The third-order valence-corrected chi connectivity index (χ3v) is 8.34. The normalized spacial score (nSPS) is 15.8. The zero-order chi connectivity index (χ0) is 23.0. The molecule has 0 atom stereocenters. The van der Waals surface area contributed by atoms with Gasteiger partial charge in [0.15, 0.2) is 0 Å². The molecular weight excluding hydrogens is 436 g/mol. The Bertz CT molecular complexity index is 1420. The number of hydrogen-bond acceptors (Lipinski definition) is 4. The number of aryl methyl sites for hydroxylation is 1. The van der Waals surface area contributed by atoms with Crippen LogP contribution in [0.25, 0.3) is 21.8 Å². The highest BCUT2D eigenvalue weighted by Gasteiger charge is 2.32. The van der Waals surface area contributed by atoms with E-state index in [1.54, 1.807) is 18.3 Å². The highest BCUT2D eigenvalue weighted by Crippen LogP contribution is 2.31. The van der Waals surface area contributed by atoms with Crippen LogP contribution in [0.4, 0.5) is 5.69 Å². The summed E-state index contributed by atoms with van der Waals surface area (Å²) in [5.74, 6) is -0.287. The predicted octanol–water partition coefficient (Wildman–Crippen LogP) is 4.25. The molecule has 170 valence electrons. The summed E-state index contributed by atoms with van der Waals surface area (Å²) in [7, 11) is -3.58. The van der Waals surface area contributed by atoms with E-state index in [-0.39, 0.29) is 16.7 Å². The van der Waals surface area contributed by atoms with Crippen LogP contribution in [0.2, 0.25) is 0 Å². The molecule has 0 unspecified atom stereocenters. The zero-order valence-electron chi connectivity index (χ0n) is 18.4. The molecule has 5 rings (SSSR count). The number of benzene rings is 2. The lowest BCUT2D eigenvalue weighted by Crippen LogP contribution is -2.41. The summed E-state index contributed by atoms with van der Waals surface area (Å²) in [5, 5.41) is 5.33. The fourth-order valence-corrected chi connectivity index (χ4v) is 6.16. The highest BCUT2D eigenvalue weighted by atomic mass is 32.2. The van der Waals surface area contributed by atoms with Crippen molar-refractivity contribution in [2.75, 3.05) is 18.4 Å². The minimum atomic E-state index is -3.58. The number of carbonyl (C=O) groups excluding carboxylic acids is 1. The average molecular weight is 463 g/mol. The van der Waals surface area contributed by atoms with Crippen LogP contribution in [0.5, 0.6) is 0 Å². The first-order valence-corrected chi connectivity index (χ1v) is 12.6. The molecule has 0 bridgehead atoms. The van der Waals surface area contributed by atoms with Gasteiger partial charge in [-0.3, -0.25) is 9.78 Å². The number of aromatic nitrogens is 2. The van der Waals surface area contributed by atoms with E-state index < -0.39 is 10.0 Å². The van der Waals surface area contributed by atoms with E-state index in [2.05, 4.69) is 40.0 Å². The van der Waals surface area contributed by atoms with E-state index in [1.807, 2.05) is 24.3 Å². The third-order valence-electron chi connectivity index (χ3n) is 6.45. The van der Waals surface area contributed by atoms with Crippen LogP contribution < -0.4 is 5.32 Å². The molecule has 1 N–H and O–H groups in total. The minimum absolute atomic E-state index is 0.0630. The van der Waals surface area contributed by atoms with Crippen molar-refractivity contribution < 1.29 is 13.2 Å². The number of nitrogens with zero attached hydrogens (tertiary/aromatic N) is 3. The van der Waals surface area contributed by atoms with Crippen molar-refractivity contribution >= 4 is 43.4 Å². The maximum atomic E-state index is 13.0. The number of nitrogens with one attached hydrogen (secondary N) is 1. The maximum absolute atomic E-state index is 13.0. The van der Waals surface area contributed by atoms with Crippen molar-refractivity contribution in [3.05, 3.63) is 67.0 Å². The second kappa shape index (κ2) is 8.61. The first-order valence-electron chi connectivity index (χ1n) is 11.2. The maximum Gasteiger partial charge on any atom is 0.244 e. The number of fused-ring (bicyclic) bond motifs is 3. The lowest BCUT2D eigenvalue weighted by atomic mass is 9.97. The van der Waals surface area contributed by atoms with E-state index >= 15 is 0 Å². The SMILES string of the molecule is CCn1c2ccccc2c2cc(NC(=O)C3CCN(S(=O)(=O)c4cccnc4)CC3)ccc21. The average Bonchev–Trinajstić information content (AvgIpc) is 3.17. The van der Waals surface area contributed by atoms with Gasteiger partial charge in [0.2, 0.25) is 15.9 Å². The Hall–Kier alpha value is -3.23. The number of pyridine rings is 1. The molecule has 2 aromatic heterocycles. The molecular formula is C25H26N4O3S. The Morgan fingerprint density at radius 2 is 1.79 bits per heavy atom.